The van der Waals surface area contributed by atoms with Gasteiger partial charge in [0.1, 0.15) is 0 Å². The van der Waals surface area contributed by atoms with Gasteiger partial charge in [0.25, 0.3) is 0 Å². The van der Waals surface area contributed by atoms with E-state index in [4.69, 9.17) is 4.74 Å². The molecule has 0 fully saturated rings. The Hall–Kier alpha value is -1.66. The number of rotatable bonds is 49. The number of nitrogens with one attached hydrogen (secondary N) is 1. The molecular formula is C54H103NO5. The van der Waals surface area contributed by atoms with Crippen molar-refractivity contribution >= 4 is 11.9 Å². The summed E-state index contributed by atoms with van der Waals surface area (Å²) >= 11 is 0. The summed E-state index contributed by atoms with van der Waals surface area (Å²) in [4.78, 5) is 24.5. The highest BCUT2D eigenvalue weighted by molar-refractivity contribution is 5.76. The molecule has 0 aliphatic heterocycles. The average Bonchev–Trinajstić information content (AvgIpc) is 3.25. The standard InChI is InChI=1S/C54H103NO5/c1-3-5-7-9-11-13-15-17-18-19-20-21-22-23-24-26-27-30-34-38-42-46-52(57)51(50-56)55-53(58)47-43-39-35-31-29-33-37-41-45-49-60-54(59)48-44-40-36-32-28-25-16-14-12-10-8-6-4-2/h14,16,42,46,51-52,56-57H,3-13,15,17-41,43-45,47-50H2,1-2H3,(H,55,58)/b16-14-,46-42+. The highest BCUT2D eigenvalue weighted by Gasteiger charge is 2.18. The molecule has 3 N–H and O–H groups in total. The quantitative estimate of drug-likeness (QED) is 0.0322. The van der Waals surface area contributed by atoms with E-state index in [1.807, 2.05) is 6.08 Å². The maximum Gasteiger partial charge on any atom is 0.305 e. The summed E-state index contributed by atoms with van der Waals surface area (Å²) in [7, 11) is 0. The van der Waals surface area contributed by atoms with Crippen molar-refractivity contribution in [2.45, 2.75) is 296 Å². The number of aliphatic hydroxyl groups excluding tert-OH is 2. The minimum absolute atomic E-state index is 0.0362. The van der Waals surface area contributed by atoms with Gasteiger partial charge in [-0.2, -0.15) is 0 Å². The zero-order chi connectivity index (χ0) is 43.7. The Kier molecular flexibility index (Phi) is 48.6. The first-order valence-corrected chi connectivity index (χ1v) is 26.6. The minimum atomic E-state index is -0.862. The Morgan fingerprint density at radius 2 is 0.783 bits per heavy atom. The first-order valence-electron chi connectivity index (χ1n) is 26.6. The molecule has 2 atom stereocenters. The van der Waals surface area contributed by atoms with Gasteiger partial charge in [-0.15, -0.1) is 0 Å². The van der Waals surface area contributed by atoms with Crippen LogP contribution in [0.2, 0.25) is 0 Å². The van der Waals surface area contributed by atoms with E-state index in [1.165, 1.54) is 199 Å². The first-order chi connectivity index (χ1) is 29.5. The van der Waals surface area contributed by atoms with Crippen LogP contribution in [-0.2, 0) is 14.3 Å². The molecule has 0 bridgehead atoms. The van der Waals surface area contributed by atoms with Crippen LogP contribution in [0.3, 0.4) is 0 Å². The molecule has 0 heterocycles. The lowest BCUT2D eigenvalue weighted by Gasteiger charge is -2.20. The van der Waals surface area contributed by atoms with Crippen LogP contribution >= 0.6 is 0 Å². The summed E-state index contributed by atoms with van der Waals surface area (Å²) in [6, 6.07) is -0.648. The molecule has 0 aromatic heterocycles. The fourth-order valence-electron chi connectivity index (χ4n) is 8.10. The number of carbonyl (C=O) groups is 2. The van der Waals surface area contributed by atoms with E-state index in [9.17, 15) is 19.8 Å². The second kappa shape index (κ2) is 50.0. The van der Waals surface area contributed by atoms with Crippen LogP contribution in [-0.4, -0.2) is 47.4 Å². The number of allylic oxidation sites excluding steroid dienone is 3. The molecule has 0 aromatic rings. The Bertz CT molecular complexity index is 935. The fraction of sp³-hybridized carbons (Fsp3) is 0.889. The molecule has 0 radical (unpaired) electrons. The largest absolute Gasteiger partial charge is 0.466 e. The zero-order valence-electron chi connectivity index (χ0n) is 40.2. The predicted octanol–water partition coefficient (Wildman–Crippen LogP) is 15.9. The van der Waals surface area contributed by atoms with Gasteiger partial charge in [-0.05, 0) is 57.8 Å². The third-order valence-corrected chi connectivity index (χ3v) is 12.2. The molecule has 354 valence electrons. The number of hydrogen-bond acceptors (Lipinski definition) is 5. The van der Waals surface area contributed by atoms with Gasteiger partial charge in [-0.1, -0.05) is 237 Å². The topological polar surface area (TPSA) is 95.9 Å². The zero-order valence-corrected chi connectivity index (χ0v) is 40.2. The summed E-state index contributed by atoms with van der Waals surface area (Å²) in [5, 5.41) is 23.1. The molecule has 2 unspecified atom stereocenters. The molecule has 0 aliphatic carbocycles. The van der Waals surface area contributed by atoms with E-state index in [1.54, 1.807) is 6.08 Å². The van der Waals surface area contributed by atoms with Gasteiger partial charge in [0.05, 0.1) is 25.4 Å². The van der Waals surface area contributed by atoms with E-state index in [2.05, 4.69) is 31.3 Å². The predicted molar refractivity (Wildman–Crippen MR) is 260 cm³/mol. The SMILES string of the molecule is CCCCCC/C=C\CCCCCCCC(=O)OCCCCCCCCCCCC(=O)NC(CO)C(O)/C=C/CCCCCCCCCCCCCCCCCCCCC. The summed E-state index contributed by atoms with van der Waals surface area (Å²) in [6.45, 7) is 4.83. The van der Waals surface area contributed by atoms with Gasteiger partial charge in [-0.3, -0.25) is 9.59 Å². The van der Waals surface area contributed by atoms with E-state index >= 15 is 0 Å². The average molecular weight is 846 g/mol. The van der Waals surface area contributed by atoms with Crippen LogP contribution in [0.1, 0.15) is 284 Å². The lowest BCUT2D eigenvalue weighted by molar-refractivity contribution is -0.143. The Morgan fingerprint density at radius 1 is 0.450 bits per heavy atom. The van der Waals surface area contributed by atoms with Crippen molar-refractivity contribution in [3.63, 3.8) is 0 Å². The van der Waals surface area contributed by atoms with Crippen molar-refractivity contribution < 1.29 is 24.5 Å². The van der Waals surface area contributed by atoms with E-state index in [-0.39, 0.29) is 18.5 Å². The second-order valence-corrected chi connectivity index (χ2v) is 18.2. The first kappa shape index (κ1) is 58.3. The van der Waals surface area contributed by atoms with Crippen molar-refractivity contribution in [2.24, 2.45) is 0 Å². The van der Waals surface area contributed by atoms with Gasteiger partial charge in [-0.25, -0.2) is 0 Å². The number of unbranched alkanes of at least 4 members (excludes halogenated alkanes) is 36. The highest BCUT2D eigenvalue weighted by atomic mass is 16.5. The third-order valence-electron chi connectivity index (χ3n) is 12.2. The van der Waals surface area contributed by atoms with Crippen LogP contribution < -0.4 is 5.32 Å². The molecule has 6 heteroatoms. The molecule has 0 aliphatic rings. The van der Waals surface area contributed by atoms with Gasteiger partial charge < -0.3 is 20.3 Å². The Labute approximate surface area is 373 Å². The van der Waals surface area contributed by atoms with Gasteiger partial charge in [0.15, 0.2) is 0 Å². The minimum Gasteiger partial charge on any atom is -0.466 e. The van der Waals surface area contributed by atoms with Crippen molar-refractivity contribution in [1.82, 2.24) is 5.32 Å². The Balaban J connectivity index is 3.53. The van der Waals surface area contributed by atoms with E-state index < -0.39 is 12.1 Å². The lowest BCUT2D eigenvalue weighted by atomic mass is 10.0. The maximum absolute atomic E-state index is 12.4. The second-order valence-electron chi connectivity index (χ2n) is 18.2. The third kappa shape index (κ3) is 45.9. The van der Waals surface area contributed by atoms with Crippen LogP contribution in [0.15, 0.2) is 24.3 Å². The van der Waals surface area contributed by atoms with Gasteiger partial charge >= 0.3 is 5.97 Å². The molecule has 1 amide bonds. The number of aliphatic hydroxyl groups is 2. The van der Waals surface area contributed by atoms with Crippen molar-refractivity contribution in [3.05, 3.63) is 24.3 Å². The van der Waals surface area contributed by atoms with Crippen LogP contribution in [0.4, 0.5) is 0 Å². The molecule has 6 nitrogen and oxygen atoms in total. The summed E-state index contributed by atoms with van der Waals surface area (Å²) in [5.41, 5.74) is 0. The summed E-state index contributed by atoms with van der Waals surface area (Å²) < 4.78 is 5.44. The monoisotopic (exact) mass is 846 g/mol. The number of esters is 1. The van der Waals surface area contributed by atoms with Crippen molar-refractivity contribution in [3.8, 4) is 0 Å². The molecule has 0 saturated carbocycles. The molecule has 0 rings (SSSR count). The molecule has 0 saturated heterocycles. The van der Waals surface area contributed by atoms with Crippen molar-refractivity contribution in [1.29, 1.82) is 0 Å². The van der Waals surface area contributed by atoms with Crippen LogP contribution in [0.5, 0.6) is 0 Å². The number of ether oxygens (including phenoxy) is 1. The number of carbonyl (C=O) groups excluding carboxylic acids is 2. The molecule has 60 heavy (non-hydrogen) atoms. The smallest absolute Gasteiger partial charge is 0.305 e. The molecular weight excluding hydrogens is 743 g/mol. The van der Waals surface area contributed by atoms with Gasteiger partial charge in [0.2, 0.25) is 5.91 Å². The Morgan fingerprint density at radius 3 is 1.20 bits per heavy atom. The van der Waals surface area contributed by atoms with E-state index in [0.29, 0.717) is 19.4 Å². The van der Waals surface area contributed by atoms with Crippen LogP contribution in [0.25, 0.3) is 0 Å². The maximum atomic E-state index is 12.4. The van der Waals surface area contributed by atoms with Crippen LogP contribution in [0, 0.1) is 0 Å². The van der Waals surface area contributed by atoms with Gasteiger partial charge in [0, 0.05) is 12.8 Å². The fourth-order valence-corrected chi connectivity index (χ4v) is 8.10. The molecule has 0 aromatic carbocycles. The van der Waals surface area contributed by atoms with E-state index in [0.717, 1.165) is 57.8 Å². The summed E-state index contributed by atoms with van der Waals surface area (Å²) in [6.07, 6.45) is 58.9. The number of hydrogen-bond donors (Lipinski definition) is 3. The lowest BCUT2D eigenvalue weighted by Crippen LogP contribution is -2.45. The highest BCUT2D eigenvalue weighted by Crippen LogP contribution is 2.16. The number of amides is 1. The van der Waals surface area contributed by atoms with Crippen molar-refractivity contribution in [2.75, 3.05) is 13.2 Å². The summed E-state index contributed by atoms with van der Waals surface area (Å²) in [5.74, 6) is -0.130. The normalized spacial score (nSPS) is 12.8. The molecule has 0 spiro atoms.